The maximum Gasteiger partial charge on any atom is 0.416 e. The van der Waals surface area contributed by atoms with Crippen molar-refractivity contribution in [2.24, 2.45) is 0 Å². The lowest BCUT2D eigenvalue weighted by Gasteiger charge is -2.23. The first kappa shape index (κ1) is 25.4. The lowest BCUT2D eigenvalue weighted by Crippen LogP contribution is -2.40. The van der Waals surface area contributed by atoms with Gasteiger partial charge in [-0.15, -0.1) is 0 Å². The smallest absolute Gasteiger partial charge is 0.374 e. The number of ether oxygens (including phenoxy) is 1. The van der Waals surface area contributed by atoms with Crippen molar-refractivity contribution in [3.8, 4) is 11.1 Å². The lowest BCUT2D eigenvalue weighted by atomic mass is 10.0. The number of carbonyl (C=O) groups excluding carboxylic acids is 1. The molecule has 0 saturated carbocycles. The molecule has 10 heteroatoms. The molecular weight excluding hydrogens is 471 g/mol. The monoisotopic (exact) mass is 493 g/mol. The van der Waals surface area contributed by atoms with E-state index in [2.05, 4.69) is 0 Å². The quantitative estimate of drug-likeness (QED) is 0.254. The predicted molar refractivity (Wildman–Crippen MR) is 119 cm³/mol. The summed E-state index contributed by atoms with van der Waals surface area (Å²) in [6.07, 6.45) is -4.43. The number of rotatable bonds is 10. The van der Waals surface area contributed by atoms with Gasteiger partial charge in [-0.2, -0.15) is 13.2 Å². The summed E-state index contributed by atoms with van der Waals surface area (Å²) in [6, 6.07) is 17.9. The first-order chi connectivity index (χ1) is 16.1. The van der Waals surface area contributed by atoms with Crippen molar-refractivity contribution in [2.75, 3.05) is 12.4 Å². The SMILES string of the molecule is O=CN(O)C(COCc1ccccc1)CS(=O)(=O)c1ccccc1-c1ccc(C(F)(F)F)cc1. The highest BCUT2D eigenvalue weighted by Gasteiger charge is 2.31. The fourth-order valence-electron chi connectivity index (χ4n) is 3.33. The number of amides is 1. The van der Waals surface area contributed by atoms with E-state index in [1.54, 1.807) is 6.07 Å². The third kappa shape index (κ3) is 6.43. The molecule has 1 amide bonds. The summed E-state index contributed by atoms with van der Waals surface area (Å²) in [5.41, 5.74) is 0.456. The minimum absolute atomic E-state index is 0.0911. The molecule has 3 rings (SSSR count). The maximum absolute atomic E-state index is 13.2. The Balaban J connectivity index is 1.83. The highest BCUT2D eigenvalue weighted by atomic mass is 32.2. The lowest BCUT2D eigenvalue weighted by molar-refractivity contribution is -0.163. The Labute approximate surface area is 195 Å². The molecule has 1 atom stereocenters. The molecule has 3 aromatic carbocycles. The Kier molecular flexibility index (Phi) is 8.08. The molecule has 6 nitrogen and oxygen atoms in total. The zero-order valence-electron chi connectivity index (χ0n) is 17.9. The van der Waals surface area contributed by atoms with Crippen LogP contribution in [0.25, 0.3) is 11.1 Å². The molecule has 180 valence electrons. The number of hydroxylamine groups is 2. The molecule has 0 radical (unpaired) electrons. The highest BCUT2D eigenvalue weighted by Crippen LogP contribution is 2.33. The van der Waals surface area contributed by atoms with Crippen LogP contribution < -0.4 is 0 Å². The van der Waals surface area contributed by atoms with Gasteiger partial charge in [0.15, 0.2) is 9.84 Å². The molecule has 0 heterocycles. The van der Waals surface area contributed by atoms with Gasteiger partial charge in [-0.25, -0.2) is 13.5 Å². The number of hydrogen-bond donors (Lipinski definition) is 1. The van der Waals surface area contributed by atoms with Crippen molar-refractivity contribution >= 4 is 16.2 Å². The van der Waals surface area contributed by atoms with Crippen LogP contribution in [-0.2, 0) is 32.2 Å². The second kappa shape index (κ2) is 10.8. The summed E-state index contributed by atoms with van der Waals surface area (Å²) in [4.78, 5) is 11.0. The minimum atomic E-state index is -4.52. The predicted octanol–water partition coefficient (Wildman–Crippen LogP) is 4.58. The Bertz CT molecular complexity index is 1200. The number of carbonyl (C=O) groups is 1. The van der Waals surface area contributed by atoms with Gasteiger partial charge in [-0.05, 0) is 29.3 Å². The Hall–Kier alpha value is -3.21. The first-order valence-corrected chi connectivity index (χ1v) is 11.8. The molecule has 1 unspecified atom stereocenters. The van der Waals surface area contributed by atoms with Gasteiger partial charge in [0.2, 0.25) is 6.41 Å². The van der Waals surface area contributed by atoms with E-state index in [-0.39, 0.29) is 40.7 Å². The van der Waals surface area contributed by atoms with Crippen molar-refractivity contribution in [3.05, 3.63) is 90.0 Å². The van der Waals surface area contributed by atoms with Crippen LogP contribution in [-0.4, -0.2) is 43.5 Å². The van der Waals surface area contributed by atoms with Gasteiger partial charge in [-0.1, -0.05) is 60.7 Å². The molecule has 3 aromatic rings. The third-order valence-corrected chi connectivity index (χ3v) is 6.91. The number of halogens is 3. The maximum atomic E-state index is 13.2. The van der Waals surface area contributed by atoms with E-state index in [0.29, 0.717) is 0 Å². The van der Waals surface area contributed by atoms with Gasteiger partial charge in [0.1, 0.15) is 0 Å². The highest BCUT2D eigenvalue weighted by molar-refractivity contribution is 7.91. The van der Waals surface area contributed by atoms with Gasteiger partial charge in [-0.3, -0.25) is 10.0 Å². The Morgan fingerprint density at radius 3 is 2.18 bits per heavy atom. The number of benzene rings is 3. The van der Waals surface area contributed by atoms with E-state index in [9.17, 15) is 31.6 Å². The van der Waals surface area contributed by atoms with Crippen LogP contribution in [0.15, 0.2) is 83.8 Å². The zero-order valence-corrected chi connectivity index (χ0v) is 18.7. The summed E-state index contributed by atoms with van der Waals surface area (Å²) in [5.74, 6) is -0.658. The van der Waals surface area contributed by atoms with Crippen molar-refractivity contribution in [2.45, 2.75) is 23.7 Å². The van der Waals surface area contributed by atoms with Crippen molar-refractivity contribution in [3.63, 3.8) is 0 Å². The van der Waals surface area contributed by atoms with E-state index >= 15 is 0 Å². The van der Waals surface area contributed by atoms with Crippen LogP contribution in [0.1, 0.15) is 11.1 Å². The van der Waals surface area contributed by atoms with E-state index in [1.165, 1.54) is 30.3 Å². The molecule has 1 N–H and O–H groups in total. The molecule has 0 spiro atoms. The van der Waals surface area contributed by atoms with Crippen LogP contribution in [0, 0.1) is 0 Å². The Morgan fingerprint density at radius 1 is 0.941 bits per heavy atom. The topological polar surface area (TPSA) is 83.9 Å². The number of hydrogen-bond acceptors (Lipinski definition) is 5. The largest absolute Gasteiger partial charge is 0.416 e. The summed E-state index contributed by atoms with van der Waals surface area (Å²) in [7, 11) is -4.09. The molecule has 0 aliphatic carbocycles. The van der Waals surface area contributed by atoms with Crippen LogP contribution >= 0.6 is 0 Å². The van der Waals surface area contributed by atoms with E-state index in [4.69, 9.17) is 4.74 Å². The molecule has 0 aromatic heterocycles. The van der Waals surface area contributed by atoms with Crippen LogP contribution in [0.3, 0.4) is 0 Å². The average Bonchev–Trinajstić information content (AvgIpc) is 2.83. The van der Waals surface area contributed by atoms with Crippen molar-refractivity contribution < 1.29 is 36.3 Å². The summed E-state index contributed by atoms with van der Waals surface area (Å²) in [6.45, 7) is -0.113. The van der Waals surface area contributed by atoms with Crippen molar-refractivity contribution in [1.29, 1.82) is 0 Å². The van der Waals surface area contributed by atoms with Crippen LogP contribution in [0.2, 0.25) is 0 Å². The van der Waals surface area contributed by atoms with Crippen LogP contribution in [0.5, 0.6) is 0 Å². The summed E-state index contributed by atoms with van der Waals surface area (Å²) < 4.78 is 70.6. The summed E-state index contributed by atoms with van der Waals surface area (Å²) >= 11 is 0. The zero-order chi connectivity index (χ0) is 24.8. The number of alkyl halides is 3. The third-order valence-electron chi connectivity index (χ3n) is 5.06. The van der Waals surface area contributed by atoms with E-state index in [1.807, 2.05) is 30.3 Å². The van der Waals surface area contributed by atoms with Crippen LogP contribution in [0.4, 0.5) is 13.2 Å². The Morgan fingerprint density at radius 2 is 1.56 bits per heavy atom. The average molecular weight is 494 g/mol. The fourth-order valence-corrected chi connectivity index (χ4v) is 5.07. The molecule has 0 aliphatic heterocycles. The van der Waals surface area contributed by atoms with Gasteiger partial charge in [0, 0.05) is 5.56 Å². The molecular formula is C24H22F3NO5S. The molecule has 0 bridgehead atoms. The van der Waals surface area contributed by atoms with Crippen molar-refractivity contribution in [1.82, 2.24) is 5.06 Å². The standard InChI is InChI=1S/C24H22F3NO5S/c25-24(26,27)20-12-10-19(11-13-20)22-8-4-5-9-23(22)34(31,32)16-21(28(30)17-29)15-33-14-18-6-2-1-3-7-18/h1-13,17,21,30H,14-16H2. The van der Waals surface area contributed by atoms with E-state index < -0.39 is 33.4 Å². The molecule has 34 heavy (non-hydrogen) atoms. The second-order valence-corrected chi connectivity index (χ2v) is 9.50. The number of sulfone groups is 1. The normalized spacial score (nSPS) is 12.8. The molecule has 0 fully saturated rings. The summed E-state index contributed by atoms with van der Waals surface area (Å²) in [5, 5.41) is 10.2. The number of nitrogens with zero attached hydrogens (tertiary/aromatic N) is 1. The first-order valence-electron chi connectivity index (χ1n) is 10.2. The van der Waals surface area contributed by atoms with E-state index in [0.717, 1.165) is 17.7 Å². The molecule has 0 saturated heterocycles. The van der Waals surface area contributed by atoms with Gasteiger partial charge in [0.05, 0.1) is 35.5 Å². The van der Waals surface area contributed by atoms with Gasteiger partial charge in [0.25, 0.3) is 0 Å². The van der Waals surface area contributed by atoms with Gasteiger partial charge >= 0.3 is 6.18 Å². The fraction of sp³-hybridized carbons (Fsp3) is 0.208. The molecule has 0 aliphatic rings. The minimum Gasteiger partial charge on any atom is -0.374 e. The second-order valence-electron chi connectivity index (χ2n) is 7.49. The van der Waals surface area contributed by atoms with Gasteiger partial charge < -0.3 is 4.74 Å².